The summed E-state index contributed by atoms with van der Waals surface area (Å²) < 4.78 is 82.1. The zero-order chi connectivity index (χ0) is 47.6. The summed E-state index contributed by atoms with van der Waals surface area (Å²) >= 11 is 2.08. The predicted molar refractivity (Wildman–Crippen MR) is 236 cm³/mol. The monoisotopic (exact) mass is 923 g/mol. The molecule has 346 valence electrons. The lowest BCUT2D eigenvalue weighted by molar-refractivity contribution is -0.138. The second-order valence-electron chi connectivity index (χ2n) is 11.9. The van der Waals surface area contributed by atoms with Crippen LogP contribution in [0.15, 0.2) is 66.9 Å². The van der Waals surface area contributed by atoms with Crippen molar-refractivity contribution in [1.82, 2.24) is 5.32 Å². The molecule has 0 aliphatic rings. The van der Waals surface area contributed by atoms with Crippen LogP contribution in [0.4, 0.5) is 43.4 Å². The molecule has 0 radical (unpaired) electrons. The molecule has 0 aliphatic carbocycles. The summed E-state index contributed by atoms with van der Waals surface area (Å²) in [5, 5.41) is 9.67. The molecule has 0 spiro atoms. The maximum atomic E-state index is 13.9. The van der Waals surface area contributed by atoms with Gasteiger partial charge in [-0.15, -0.1) is 23.5 Å². The van der Waals surface area contributed by atoms with Crippen LogP contribution >= 0.6 is 23.5 Å². The number of alkyl halides is 6. The molecule has 0 aromatic heterocycles. The van der Waals surface area contributed by atoms with E-state index in [-0.39, 0.29) is 77.3 Å². The Hall–Kier alpha value is -5.53. The first-order valence-corrected chi connectivity index (χ1v) is 20.6. The zero-order valence-corrected chi connectivity index (χ0v) is 36.4. The number of rotatable bonds is 19. The molecule has 62 heavy (non-hydrogen) atoms. The third-order valence-corrected chi connectivity index (χ3v) is 9.39. The summed E-state index contributed by atoms with van der Waals surface area (Å²) in [6.07, 6.45) is -7.22. The number of nitrogens with two attached hydrogens (primary N) is 6. The van der Waals surface area contributed by atoms with E-state index in [0.717, 1.165) is 41.7 Å². The smallest absolute Gasteiger partial charge is 0.370 e. The van der Waals surface area contributed by atoms with Crippen LogP contribution in [0.25, 0.3) is 0 Å². The topological polar surface area (TPSA) is 310 Å². The van der Waals surface area contributed by atoms with Gasteiger partial charge in [-0.05, 0) is 50.3 Å². The van der Waals surface area contributed by atoms with E-state index in [1.165, 1.54) is 26.1 Å². The van der Waals surface area contributed by atoms with Gasteiger partial charge in [0.05, 0.1) is 52.1 Å². The Kier molecular flexibility index (Phi) is 26.3. The molecule has 2 aromatic rings. The number of carbonyl (C=O) groups excluding carboxylic acids is 4. The van der Waals surface area contributed by atoms with Gasteiger partial charge in [-0.25, -0.2) is 0 Å². The molecule has 0 fully saturated rings. The first-order chi connectivity index (χ1) is 29.1. The number of anilines is 3. The molecule has 0 bridgehead atoms. The third-order valence-electron chi connectivity index (χ3n) is 7.11. The van der Waals surface area contributed by atoms with E-state index < -0.39 is 47.1 Å². The number of thioether (sulfide) groups is 2. The normalized spacial score (nSPS) is 11.8. The van der Waals surface area contributed by atoms with Crippen LogP contribution in [0.5, 0.6) is 0 Å². The highest BCUT2D eigenvalue weighted by molar-refractivity contribution is 7.99. The van der Waals surface area contributed by atoms with Gasteiger partial charge in [0, 0.05) is 55.6 Å². The van der Waals surface area contributed by atoms with Gasteiger partial charge in [0.1, 0.15) is 5.70 Å². The van der Waals surface area contributed by atoms with Crippen LogP contribution in [0, 0.1) is 5.92 Å². The molecule has 1 atom stereocenters. The van der Waals surface area contributed by atoms with Crippen molar-refractivity contribution in [2.75, 3.05) is 60.7 Å². The number of benzene rings is 2. The lowest BCUT2D eigenvalue weighted by Crippen LogP contribution is -2.24. The van der Waals surface area contributed by atoms with Gasteiger partial charge in [0.2, 0.25) is 17.7 Å². The van der Waals surface area contributed by atoms with E-state index >= 15 is 0 Å². The molecule has 4 amide bonds. The summed E-state index contributed by atoms with van der Waals surface area (Å²) in [7, 11) is 1.57. The summed E-state index contributed by atoms with van der Waals surface area (Å²) in [4.78, 5) is 61.3. The summed E-state index contributed by atoms with van der Waals surface area (Å²) in [6, 6.07) is 4.21. The van der Waals surface area contributed by atoms with Gasteiger partial charge < -0.3 is 55.7 Å². The van der Waals surface area contributed by atoms with Gasteiger partial charge in [-0.3, -0.25) is 34.2 Å². The quantitative estimate of drug-likeness (QED) is 0.0314. The Morgan fingerprint density at radius 1 is 0.742 bits per heavy atom. The van der Waals surface area contributed by atoms with Crippen LogP contribution in [0.3, 0.4) is 0 Å². The first-order valence-electron chi connectivity index (χ1n) is 18.6. The Balaban J connectivity index is 0.00000271. The molecule has 2 aromatic carbocycles. The van der Waals surface area contributed by atoms with E-state index in [4.69, 9.17) is 34.4 Å². The summed E-state index contributed by atoms with van der Waals surface area (Å²) in [6.45, 7) is 7.30. The SMILES string of the molecule is CC.CC=N/C(=C\C(C)C(=O)Nc1cc(C(F)(F)F)cc(NC(=O)CCN=C(N)N)c1SCCN)C(=O)Nc1cc(C(F)(F)F)ccc1SCCN.CNC(=O)CCN=C(N)N. The van der Waals surface area contributed by atoms with E-state index in [9.17, 15) is 45.5 Å². The summed E-state index contributed by atoms with van der Waals surface area (Å²) in [5.74, 6) is -3.56. The van der Waals surface area contributed by atoms with Crippen molar-refractivity contribution in [1.29, 1.82) is 0 Å². The zero-order valence-electron chi connectivity index (χ0n) is 34.8. The fourth-order valence-electron chi connectivity index (χ4n) is 4.37. The van der Waals surface area contributed by atoms with E-state index in [1.807, 2.05) is 13.8 Å². The molecule has 0 saturated heterocycles. The molecule has 25 heteroatoms. The van der Waals surface area contributed by atoms with Gasteiger partial charge in [-0.2, -0.15) is 26.3 Å². The predicted octanol–water partition coefficient (Wildman–Crippen LogP) is 4.04. The van der Waals surface area contributed by atoms with Crippen LogP contribution in [0.1, 0.15) is 51.7 Å². The standard InChI is InChI=1S/C30H37F6N9O3S2.C5H12N4O.C2H6/c1-3-41-22(27(48)44-19-13-17(29(31,32)33)4-5-23(19)49-10-7-37)12-16(2)26(47)45-21-15-18(30(34,35)36)14-20(25(21)50-11-8-38)43-24(46)6-9-42-28(39)40;1-8-4(10)2-3-9-5(6)7;1-2/h3-5,12-16H,6-11,37-38H2,1-2H3,(H,43,46)(H,44,48)(H,45,47)(H4,39,40,42);2-3H2,1H3,(H,8,10)(H4,6,7,9);1-2H3/b22-12-,41-3?;;. The number of amides is 4. The molecule has 0 saturated carbocycles. The lowest BCUT2D eigenvalue weighted by Gasteiger charge is -2.20. The highest BCUT2D eigenvalue weighted by Gasteiger charge is 2.34. The van der Waals surface area contributed by atoms with Crippen LogP contribution < -0.4 is 55.7 Å². The van der Waals surface area contributed by atoms with Gasteiger partial charge in [0.15, 0.2) is 11.9 Å². The Morgan fingerprint density at radius 3 is 1.73 bits per heavy atom. The molecular weight excluding hydrogens is 869 g/mol. The molecule has 2 rings (SSSR count). The third kappa shape index (κ3) is 21.8. The number of aliphatic imine (C=N–C) groups is 3. The minimum atomic E-state index is -4.88. The molecular formula is C37H55F6N13O4S2. The number of nitrogens with zero attached hydrogens (tertiary/aromatic N) is 3. The number of halogens is 6. The van der Waals surface area contributed by atoms with E-state index in [1.54, 1.807) is 7.05 Å². The average Bonchev–Trinajstić information content (AvgIpc) is 3.19. The lowest BCUT2D eigenvalue weighted by atomic mass is 10.1. The Labute approximate surface area is 364 Å². The minimum Gasteiger partial charge on any atom is -0.370 e. The van der Waals surface area contributed by atoms with Crippen molar-refractivity contribution >= 4 is 82.3 Å². The Bertz CT molecular complexity index is 1900. The highest BCUT2D eigenvalue weighted by Crippen LogP contribution is 2.41. The van der Waals surface area contributed by atoms with Crippen molar-refractivity contribution in [3.8, 4) is 0 Å². The van der Waals surface area contributed by atoms with Crippen molar-refractivity contribution in [2.24, 2.45) is 55.3 Å². The van der Waals surface area contributed by atoms with E-state index in [2.05, 4.69) is 36.2 Å². The fraction of sp³-hybridized carbons (Fsp3) is 0.432. The molecule has 0 heterocycles. The number of nitrogens with one attached hydrogen (secondary N) is 4. The van der Waals surface area contributed by atoms with Crippen molar-refractivity contribution in [3.63, 3.8) is 0 Å². The highest BCUT2D eigenvalue weighted by atomic mass is 32.2. The van der Waals surface area contributed by atoms with Crippen molar-refractivity contribution in [2.45, 2.75) is 62.7 Å². The van der Waals surface area contributed by atoms with E-state index in [0.29, 0.717) is 35.7 Å². The summed E-state index contributed by atoms with van der Waals surface area (Å²) in [5.41, 5.74) is 28.4. The van der Waals surface area contributed by atoms with Crippen molar-refractivity contribution in [3.05, 3.63) is 53.2 Å². The number of guanidine groups is 2. The first kappa shape index (κ1) is 56.5. The molecule has 17 nitrogen and oxygen atoms in total. The maximum Gasteiger partial charge on any atom is 0.416 e. The molecule has 1 unspecified atom stereocenters. The van der Waals surface area contributed by atoms with Gasteiger partial charge in [-0.1, -0.05) is 13.8 Å². The van der Waals surface area contributed by atoms with Gasteiger partial charge >= 0.3 is 12.4 Å². The average molecular weight is 924 g/mol. The molecule has 0 aliphatic heterocycles. The van der Waals surface area contributed by atoms with Crippen LogP contribution in [-0.2, 0) is 31.5 Å². The second kappa shape index (κ2) is 28.9. The number of carbonyl (C=O) groups is 4. The van der Waals surface area contributed by atoms with Crippen LogP contribution in [-0.4, -0.2) is 86.5 Å². The minimum absolute atomic E-state index is 0.0175. The number of hydrogen-bond donors (Lipinski definition) is 10. The number of hydrogen-bond acceptors (Lipinski definition) is 11. The van der Waals surface area contributed by atoms with Gasteiger partial charge in [0.25, 0.3) is 5.91 Å². The Morgan fingerprint density at radius 2 is 1.24 bits per heavy atom. The van der Waals surface area contributed by atoms with Crippen LogP contribution in [0.2, 0.25) is 0 Å². The fourth-order valence-corrected chi connectivity index (χ4v) is 5.99. The maximum absolute atomic E-state index is 13.9. The van der Waals surface area contributed by atoms with Crippen molar-refractivity contribution < 1.29 is 45.5 Å². The second-order valence-corrected chi connectivity index (χ2v) is 14.1. The largest absolute Gasteiger partial charge is 0.416 e. The molecule has 16 N–H and O–H groups in total.